The van der Waals surface area contributed by atoms with E-state index >= 15 is 0 Å². The lowest BCUT2D eigenvalue weighted by Gasteiger charge is -2.13. The average molecular weight is 341 g/mol. The molecule has 1 atom stereocenters. The van der Waals surface area contributed by atoms with Crippen molar-refractivity contribution in [1.29, 1.82) is 0 Å². The first kappa shape index (κ1) is 14.3. The maximum absolute atomic E-state index is 6.12. The summed E-state index contributed by atoms with van der Waals surface area (Å²) in [6.45, 7) is 0.727. The van der Waals surface area contributed by atoms with Gasteiger partial charge in [0.15, 0.2) is 0 Å². The predicted octanol–water partition coefficient (Wildman–Crippen LogP) is 4.00. The van der Waals surface area contributed by atoms with E-state index in [4.69, 9.17) is 17.3 Å². The quantitative estimate of drug-likeness (QED) is 0.865. The second-order valence-corrected chi connectivity index (χ2v) is 5.54. The van der Waals surface area contributed by atoms with Crippen LogP contribution in [0.1, 0.15) is 18.0 Å². The molecule has 100 valence electrons. The van der Waals surface area contributed by atoms with E-state index in [1.807, 2.05) is 36.4 Å². The second-order valence-electron chi connectivity index (χ2n) is 4.22. The summed E-state index contributed by atoms with van der Waals surface area (Å²) in [5.74, 6) is 0.685. The van der Waals surface area contributed by atoms with E-state index in [1.165, 1.54) is 0 Å². The maximum Gasteiger partial charge on any atom is 0.144 e. The number of halogens is 2. The van der Waals surface area contributed by atoms with E-state index in [9.17, 15) is 0 Å². The molecule has 0 saturated carbocycles. The smallest absolute Gasteiger partial charge is 0.144 e. The third kappa shape index (κ3) is 4.20. The summed E-state index contributed by atoms with van der Waals surface area (Å²) in [4.78, 5) is 4.22. The van der Waals surface area contributed by atoms with Crippen molar-refractivity contribution >= 4 is 33.3 Å². The molecule has 0 amide bonds. The Hall–Kier alpha value is -1.10. The van der Waals surface area contributed by atoms with Crippen LogP contribution in [0.4, 0.5) is 5.82 Å². The van der Waals surface area contributed by atoms with E-state index in [2.05, 4.69) is 26.2 Å². The zero-order valence-corrected chi connectivity index (χ0v) is 12.7. The molecule has 3 nitrogen and oxygen atoms in total. The molecule has 0 aliphatic rings. The van der Waals surface area contributed by atoms with Gasteiger partial charge in [-0.2, -0.15) is 0 Å². The molecule has 0 aliphatic carbocycles. The highest BCUT2D eigenvalue weighted by molar-refractivity contribution is 9.10. The van der Waals surface area contributed by atoms with E-state index in [0.717, 1.165) is 23.0 Å². The molecule has 2 rings (SSSR count). The zero-order valence-electron chi connectivity index (χ0n) is 10.3. The Labute approximate surface area is 126 Å². The van der Waals surface area contributed by atoms with Gasteiger partial charge in [-0.25, -0.2) is 4.98 Å². The molecule has 19 heavy (non-hydrogen) atoms. The summed E-state index contributed by atoms with van der Waals surface area (Å²) in [5, 5.41) is 3.80. The van der Waals surface area contributed by atoms with Gasteiger partial charge < -0.3 is 11.1 Å². The topological polar surface area (TPSA) is 50.9 Å². The Morgan fingerprint density at radius 2 is 2.05 bits per heavy atom. The van der Waals surface area contributed by atoms with Gasteiger partial charge in [0.05, 0.1) is 5.02 Å². The first-order chi connectivity index (χ1) is 9.16. The first-order valence-corrected chi connectivity index (χ1v) is 7.19. The third-order valence-electron chi connectivity index (χ3n) is 2.78. The molecular weight excluding hydrogens is 326 g/mol. The van der Waals surface area contributed by atoms with Gasteiger partial charge in [-0.1, -0.05) is 41.9 Å². The third-order valence-corrected chi connectivity index (χ3v) is 3.51. The normalized spacial score (nSPS) is 12.2. The summed E-state index contributed by atoms with van der Waals surface area (Å²) in [5.41, 5.74) is 7.26. The van der Waals surface area contributed by atoms with E-state index in [0.29, 0.717) is 10.8 Å². The van der Waals surface area contributed by atoms with Gasteiger partial charge in [-0.05, 0) is 34.0 Å². The van der Waals surface area contributed by atoms with Crippen molar-refractivity contribution in [3.63, 3.8) is 0 Å². The van der Waals surface area contributed by atoms with Crippen molar-refractivity contribution in [2.24, 2.45) is 5.73 Å². The van der Waals surface area contributed by atoms with Crippen LogP contribution in [-0.2, 0) is 0 Å². The Morgan fingerprint density at radius 1 is 1.32 bits per heavy atom. The molecule has 0 saturated heterocycles. The number of rotatable bonds is 5. The van der Waals surface area contributed by atoms with Crippen LogP contribution in [0.15, 0.2) is 47.1 Å². The average Bonchev–Trinajstić information content (AvgIpc) is 2.42. The van der Waals surface area contributed by atoms with Gasteiger partial charge in [-0.3, -0.25) is 0 Å². The molecule has 0 aliphatic heterocycles. The highest BCUT2D eigenvalue weighted by Gasteiger charge is 2.06. The van der Waals surface area contributed by atoms with Gasteiger partial charge in [-0.15, -0.1) is 0 Å². The minimum atomic E-state index is 0.0166. The number of nitrogens with two attached hydrogens (primary N) is 1. The fourth-order valence-electron chi connectivity index (χ4n) is 1.76. The summed E-state index contributed by atoms with van der Waals surface area (Å²) < 4.78 is 0.865. The predicted molar refractivity (Wildman–Crippen MR) is 83.4 cm³/mol. The van der Waals surface area contributed by atoms with Gasteiger partial charge in [0.25, 0.3) is 0 Å². The first-order valence-electron chi connectivity index (χ1n) is 6.02. The number of aromatic nitrogens is 1. The molecule has 1 unspecified atom stereocenters. The molecule has 2 aromatic rings. The molecule has 0 fully saturated rings. The van der Waals surface area contributed by atoms with Crippen molar-refractivity contribution in [2.75, 3.05) is 11.9 Å². The van der Waals surface area contributed by atoms with Crippen molar-refractivity contribution in [1.82, 2.24) is 4.98 Å². The van der Waals surface area contributed by atoms with Crippen LogP contribution in [0.3, 0.4) is 0 Å². The minimum Gasteiger partial charge on any atom is -0.369 e. The Bertz CT molecular complexity index is 533. The van der Waals surface area contributed by atoms with E-state index in [1.54, 1.807) is 6.20 Å². The maximum atomic E-state index is 6.12. The van der Waals surface area contributed by atoms with E-state index in [-0.39, 0.29) is 6.04 Å². The second kappa shape index (κ2) is 6.89. The highest BCUT2D eigenvalue weighted by Crippen LogP contribution is 2.23. The van der Waals surface area contributed by atoms with Crippen LogP contribution in [0, 0.1) is 0 Å². The Kier molecular flexibility index (Phi) is 5.19. The number of nitrogens with one attached hydrogen (secondary N) is 1. The van der Waals surface area contributed by atoms with Crippen molar-refractivity contribution in [3.05, 3.63) is 57.7 Å². The fourth-order valence-corrected chi connectivity index (χ4v) is 2.45. The molecule has 1 aromatic heterocycles. The number of anilines is 1. The SMILES string of the molecule is NC(CCNc1ncc(Br)cc1Cl)c1ccccc1. The van der Waals surface area contributed by atoms with Crippen molar-refractivity contribution in [2.45, 2.75) is 12.5 Å². The largest absolute Gasteiger partial charge is 0.369 e. The number of pyridine rings is 1. The number of hydrogen-bond acceptors (Lipinski definition) is 3. The van der Waals surface area contributed by atoms with Crippen LogP contribution < -0.4 is 11.1 Å². The van der Waals surface area contributed by atoms with E-state index < -0.39 is 0 Å². The van der Waals surface area contributed by atoms with Gasteiger partial charge in [0.2, 0.25) is 0 Å². The number of hydrogen-bond donors (Lipinski definition) is 2. The number of nitrogens with zero attached hydrogens (tertiary/aromatic N) is 1. The molecule has 0 bridgehead atoms. The van der Waals surface area contributed by atoms with Crippen molar-refractivity contribution < 1.29 is 0 Å². The lowest BCUT2D eigenvalue weighted by Crippen LogP contribution is -2.15. The highest BCUT2D eigenvalue weighted by atomic mass is 79.9. The van der Waals surface area contributed by atoms with Gasteiger partial charge in [0.1, 0.15) is 5.82 Å². The van der Waals surface area contributed by atoms with Gasteiger partial charge in [0, 0.05) is 23.3 Å². The van der Waals surface area contributed by atoms with Crippen LogP contribution >= 0.6 is 27.5 Å². The van der Waals surface area contributed by atoms with Crippen LogP contribution in [0.5, 0.6) is 0 Å². The molecule has 3 N–H and O–H groups in total. The summed E-state index contributed by atoms with van der Waals surface area (Å²) in [7, 11) is 0. The molecular formula is C14H15BrClN3. The van der Waals surface area contributed by atoms with Crippen LogP contribution in [-0.4, -0.2) is 11.5 Å². The monoisotopic (exact) mass is 339 g/mol. The lowest BCUT2D eigenvalue weighted by atomic mass is 10.1. The summed E-state index contributed by atoms with van der Waals surface area (Å²) in [6.07, 6.45) is 2.53. The lowest BCUT2D eigenvalue weighted by molar-refractivity contribution is 0.674. The molecule has 0 radical (unpaired) electrons. The van der Waals surface area contributed by atoms with Crippen LogP contribution in [0.25, 0.3) is 0 Å². The molecule has 1 aromatic carbocycles. The number of benzene rings is 1. The fraction of sp³-hybridized carbons (Fsp3) is 0.214. The summed E-state index contributed by atoms with van der Waals surface area (Å²) in [6, 6.07) is 11.9. The zero-order chi connectivity index (χ0) is 13.7. The Morgan fingerprint density at radius 3 is 2.74 bits per heavy atom. The van der Waals surface area contributed by atoms with Crippen molar-refractivity contribution in [3.8, 4) is 0 Å². The Balaban J connectivity index is 1.86. The molecule has 5 heteroatoms. The molecule has 1 heterocycles. The van der Waals surface area contributed by atoms with Crippen LogP contribution in [0.2, 0.25) is 5.02 Å². The molecule has 0 spiro atoms. The summed E-state index contributed by atoms with van der Waals surface area (Å²) >= 11 is 9.40. The minimum absolute atomic E-state index is 0.0166. The van der Waals surface area contributed by atoms with Gasteiger partial charge >= 0.3 is 0 Å². The standard InChI is InChI=1S/C14H15BrClN3/c15-11-8-12(16)14(19-9-11)18-7-6-13(17)10-4-2-1-3-5-10/h1-5,8-9,13H,6-7,17H2,(H,18,19).